The number of anilines is 2. The van der Waals surface area contributed by atoms with Crippen LogP contribution in [0.3, 0.4) is 0 Å². The van der Waals surface area contributed by atoms with Gasteiger partial charge in [-0.25, -0.2) is 0 Å². The van der Waals surface area contributed by atoms with Crippen molar-refractivity contribution < 1.29 is 9.13 Å². The Hall–Kier alpha value is -4.96. The van der Waals surface area contributed by atoms with E-state index in [1.807, 2.05) is 24.3 Å². The first-order chi connectivity index (χ1) is 18.6. The van der Waals surface area contributed by atoms with Gasteiger partial charge in [-0.3, -0.25) is 0 Å². The second-order valence-corrected chi connectivity index (χ2v) is 9.65. The third-order valence-corrected chi connectivity index (χ3v) is 7.05. The number of hydrogen-bond acceptors (Lipinski definition) is 2. The Morgan fingerprint density at radius 2 is 0.868 bits per heavy atom. The molecule has 0 spiro atoms. The predicted octanol–water partition coefficient (Wildman–Crippen LogP) is 6.00. The number of fused-ring (bicyclic) bond motifs is 2. The van der Waals surface area contributed by atoms with Gasteiger partial charge in [0, 0.05) is 35.4 Å². The third-order valence-electron chi connectivity index (χ3n) is 7.05. The van der Waals surface area contributed by atoms with Crippen molar-refractivity contribution in [2.75, 3.05) is 11.5 Å². The summed E-state index contributed by atoms with van der Waals surface area (Å²) in [6, 6.07) is 37.9. The molecule has 38 heavy (non-hydrogen) atoms. The lowest BCUT2D eigenvalue weighted by Crippen LogP contribution is -2.34. The van der Waals surface area contributed by atoms with E-state index >= 15 is 0 Å². The van der Waals surface area contributed by atoms with Crippen LogP contribution < -0.4 is 20.6 Å². The van der Waals surface area contributed by atoms with Gasteiger partial charge in [-0.15, -0.1) is 0 Å². The zero-order chi connectivity index (χ0) is 25.9. The Bertz CT molecular complexity index is 1640. The molecule has 0 saturated carbocycles. The molecule has 0 fully saturated rings. The van der Waals surface area contributed by atoms with Crippen LogP contribution in [0.25, 0.3) is 34.0 Å². The summed E-state index contributed by atoms with van der Waals surface area (Å²) < 4.78 is 4.48. The Morgan fingerprint density at radius 3 is 1.29 bits per heavy atom. The van der Waals surface area contributed by atoms with Gasteiger partial charge in [0.05, 0.1) is 22.1 Å². The number of hydrogen-bond donors (Lipinski definition) is 2. The van der Waals surface area contributed by atoms with Gasteiger partial charge < -0.3 is 11.5 Å². The van der Waals surface area contributed by atoms with E-state index in [4.69, 9.17) is 11.5 Å². The van der Waals surface area contributed by atoms with Crippen LogP contribution in [-0.2, 0) is 13.1 Å². The maximum absolute atomic E-state index is 6.16. The largest absolute Gasteiger partial charge is 0.398 e. The lowest BCUT2D eigenvalue weighted by Gasteiger charge is -2.05. The van der Waals surface area contributed by atoms with E-state index in [1.54, 1.807) is 0 Å². The van der Waals surface area contributed by atoms with E-state index in [2.05, 4.69) is 119 Å². The highest BCUT2D eigenvalue weighted by atomic mass is 15.0. The first kappa shape index (κ1) is 23.4. The average molecular weight is 495 g/mol. The van der Waals surface area contributed by atoms with Crippen molar-refractivity contribution in [2.24, 2.45) is 0 Å². The predicted molar refractivity (Wildman–Crippen MR) is 157 cm³/mol. The smallest absolute Gasteiger partial charge is 0.214 e. The highest BCUT2D eigenvalue weighted by Crippen LogP contribution is 2.19. The van der Waals surface area contributed by atoms with Gasteiger partial charge >= 0.3 is 0 Å². The van der Waals surface area contributed by atoms with E-state index in [0.717, 1.165) is 46.3 Å². The molecule has 4 heteroatoms. The monoisotopic (exact) mass is 494 g/mol. The number of nitrogens with two attached hydrogens (primary N) is 2. The molecule has 0 atom stereocenters. The van der Waals surface area contributed by atoms with Crippen molar-refractivity contribution in [1.82, 2.24) is 0 Å². The summed E-state index contributed by atoms with van der Waals surface area (Å²) in [6.07, 6.45) is 8.44. The minimum absolute atomic E-state index is 0.799. The Labute approximate surface area is 222 Å². The van der Waals surface area contributed by atoms with Crippen molar-refractivity contribution >= 4 is 45.3 Å². The summed E-state index contributed by atoms with van der Waals surface area (Å²) in [4.78, 5) is 0. The van der Waals surface area contributed by atoms with E-state index in [9.17, 15) is 0 Å². The number of benzene rings is 4. The molecule has 4 aromatic carbocycles. The van der Waals surface area contributed by atoms with Crippen molar-refractivity contribution in [2.45, 2.75) is 13.1 Å². The maximum atomic E-state index is 6.16. The SMILES string of the molecule is Nc1cc[n+](Cc2ccc(/C=C\c3ccc(C[n+]4ccc(N)c5ccccc54)cc3)cc2)c2ccccc12. The van der Waals surface area contributed by atoms with Gasteiger partial charge in [-0.05, 0) is 23.3 Å². The highest BCUT2D eigenvalue weighted by Gasteiger charge is 2.12. The summed E-state index contributed by atoms with van der Waals surface area (Å²) in [5.41, 5.74) is 21.1. The topological polar surface area (TPSA) is 59.8 Å². The molecule has 184 valence electrons. The fraction of sp³-hybridized carbons (Fsp3) is 0.0588. The van der Waals surface area contributed by atoms with Gasteiger partial charge in [0.2, 0.25) is 11.0 Å². The number of pyridine rings is 2. The van der Waals surface area contributed by atoms with Crippen LogP contribution in [-0.4, -0.2) is 0 Å². The number of aromatic nitrogens is 2. The first-order valence-electron chi connectivity index (χ1n) is 12.8. The number of nitrogens with zero attached hydrogens (tertiary/aromatic N) is 2. The minimum Gasteiger partial charge on any atom is -0.398 e. The molecule has 4 nitrogen and oxygen atoms in total. The van der Waals surface area contributed by atoms with Crippen molar-refractivity contribution in [3.63, 3.8) is 0 Å². The fourth-order valence-corrected chi connectivity index (χ4v) is 4.95. The first-order valence-corrected chi connectivity index (χ1v) is 12.8. The van der Waals surface area contributed by atoms with Crippen molar-refractivity contribution in [3.05, 3.63) is 144 Å². The Kier molecular flexibility index (Phi) is 6.29. The summed E-state index contributed by atoms with van der Waals surface area (Å²) in [6.45, 7) is 1.60. The van der Waals surface area contributed by atoms with E-state index in [0.29, 0.717) is 0 Å². The molecular weight excluding hydrogens is 464 g/mol. The molecule has 0 aliphatic rings. The third kappa shape index (κ3) is 4.84. The number of para-hydroxylation sites is 2. The maximum Gasteiger partial charge on any atom is 0.214 e. The standard InChI is InChI=1S/C34H28N4/c35-31-19-21-37(33-7-3-1-5-29(31)33)23-27-15-11-25(12-16-27)9-10-26-13-17-28(18-14-26)24-38-22-20-32(36)30-6-2-4-8-34(30)38/h1-22,35-36H,23-24H2/p+2/b10-9-. The van der Waals surface area contributed by atoms with E-state index < -0.39 is 0 Å². The summed E-state index contributed by atoms with van der Waals surface area (Å²) in [5.74, 6) is 0. The van der Waals surface area contributed by atoms with E-state index in [-0.39, 0.29) is 0 Å². The molecular formula is C34H30N4+2. The molecule has 0 bridgehead atoms. The minimum atomic E-state index is 0.799. The quantitative estimate of drug-likeness (QED) is 0.220. The zero-order valence-electron chi connectivity index (χ0n) is 21.2. The van der Waals surface area contributed by atoms with Crippen LogP contribution in [0.1, 0.15) is 22.3 Å². The summed E-state index contributed by atoms with van der Waals surface area (Å²) in [5, 5.41) is 2.17. The molecule has 2 heterocycles. The molecule has 0 radical (unpaired) electrons. The second-order valence-electron chi connectivity index (χ2n) is 9.65. The second kappa shape index (κ2) is 10.2. The lowest BCUT2D eigenvalue weighted by molar-refractivity contribution is -0.662. The molecule has 0 amide bonds. The van der Waals surface area contributed by atoms with Crippen LogP contribution in [0, 0.1) is 0 Å². The highest BCUT2D eigenvalue weighted by molar-refractivity contribution is 5.88. The molecule has 6 aromatic rings. The van der Waals surface area contributed by atoms with Gasteiger partial charge in [0.1, 0.15) is 0 Å². The van der Waals surface area contributed by atoms with Gasteiger partial charge in [-0.2, -0.15) is 9.13 Å². The number of rotatable bonds is 6. The van der Waals surface area contributed by atoms with Crippen LogP contribution in [0.2, 0.25) is 0 Å². The van der Waals surface area contributed by atoms with E-state index in [1.165, 1.54) is 22.3 Å². The van der Waals surface area contributed by atoms with Crippen molar-refractivity contribution in [3.8, 4) is 0 Å². The summed E-state index contributed by atoms with van der Waals surface area (Å²) >= 11 is 0. The molecule has 0 aliphatic carbocycles. The molecule has 0 saturated heterocycles. The average Bonchev–Trinajstić information content (AvgIpc) is 2.97. The number of nitrogen functional groups attached to an aromatic ring is 2. The zero-order valence-corrected chi connectivity index (χ0v) is 21.2. The molecule has 0 unspecified atom stereocenters. The van der Waals surface area contributed by atoms with Gasteiger partial charge in [0.15, 0.2) is 25.5 Å². The fourth-order valence-electron chi connectivity index (χ4n) is 4.95. The lowest BCUT2D eigenvalue weighted by atomic mass is 10.1. The normalized spacial score (nSPS) is 11.5. The molecule has 4 N–H and O–H groups in total. The Balaban J connectivity index is 1.13. The van der Waals surface area contributed by atoms with Crippen LogP contribution >= 0.6 is 0 Å². The van der Waals surface area contributed by atoms with Gasteiger partial charge in [-0.1, -0.05) is 84.9 Å². The summed E-state index contributed by atoms with van der Waals surface area (Å²) in [7, 11) is 0. The molecule has 6 rings (SSSR count). The van der Waals surface area contributed by atoms with Crippen LogP contribution in [0.5, 0.6) is 0 Å². The van der Waals surface area contributed by atoms with Crippen LogP contribution in [0.4, 0.5) is 11.4 Å². The van der Waals surface area contributed by atoms with Crippen LogP contribution in [0.15, 0.2) is 122 Å². The molecule has 0 aliphatic heterocycles. The van der Waals surface area contributed by atoms with Gasteiger partial charge in [0.25, 0.3) is 0 Å². The molecule has 2 aromatic heterocycles. The van der Waals surface area contributed by atoms with Crippen molar-refractivity contribution in [1.29, 1.82) is 0 Å². The Morgan fingerprint density at radius 1 is 0.474 bits per heavy atom.